The minimum atomic E-state index is 0.185. The quantitative estimate of drug-likeness (QED) is 0.827. The summed E-state index contributed by atoms with van der Waals surface area (Å²) < 4.78 is 5.88. The standard InChI is InChI=1S/C17H30N2O/c1-12-9-13-14(18-7-8-19-16(2,3)4)10-17(5,6)11-15(13)20-12/h9,14,18-19H,7-8,10-11H2,1-6H3. The van der Waals surface area contributed by atoms with Gasteiger partial charge in [0.2, 0.25) is 0 Å². The van der Waals surface area contributed by atoms with E-state index in [1.165, 1.54) is 17.7 Å². The fraction of sp³-hybridized carbons (Fsp3) is 0.765. The molecule has 0 aliphatic heterocycles. The molecular formula is C17H30N2O. The highest BCUT2D eigenvalue weighted by Gasteiger charge is 2.34. The molecule has 1 aliphatic carbocycles. The van der Waals surface area contributed by atoms with Crippen molar-refractivity contribution in [1.29, 1.82) is 0 Å². The Morgan fingerprint density at radius 1 is 1.30 bits per heavy atom. The van der Waals surface area contributed by atoms with Crippen LogP contribution in [0, 0.1) is 12.3 Å². The zero-order valence-corrected chi connectivity index (χ0v) is 13.9. The molecule has 0 spiro atoms. The maximum Gasteiger partial charge on any atom is 0.109 e. The Morgan fingerprint density at radius 2 is 2.00 bits per heavy atom. The fourth-order valence-electron chi connectivity index (χ4n) is 3.05. The summed E-state index contributed by atoms with van der Waals surface area (Å²) in [7, 11) is 0. The van der Waals surface area contributed by atoms with Crippen LogP contribution in [0.25, 0.3) is 0 Å². The second kappa shape index (κ2) is 5.53. The first-order chi connectivity index (χ1) is 9.16. The van der Waals surface area contributed by atoms with Gasteiger partial charge in [-0.2, -0.15) is 0 Å². The average molecular weight is 278 g/mol. The molecule has 114 valence electrons. The number of hydrogen-bond donors (Lipinski definition) is 2. The van der Waals surface area contributed by atoms with Crippen molar-refractivity contribution >= 4 is 0 Å². The molecule has 20 heavy (non-hydrogen) atoms. The average Bonchev–Trinajstić information content (AvgIpc) is 2.61. The van der Waals surface area contributed by atoms with Gasteiger partial charge in [-0.25, -0.2) is 0 Å². The van der Waals surface area contributed by atoms with E-state index in [1.54, 1.807) is 0 Å². The van der Waals surface area contributed by atoms with Crippen LogP contribution < -0.4 is 10.6 Å². The lowest BCUT2D eigenvalue weighted by atomic mass is 9.75. The maximum atomic E-state index is 5.88. The van der Waals surface area contributed by atoms with Gasteiger partial charge in [-0.3, -0.25) is 0 Å². The minimum Gasteiger partial charge on any atom is -0.466 e. The van der Waals surface area contributed by atoms with E-state index in [9.17, 15) is 0 Å². The number of rotatable bonds is 4. The van der Waals surface area contributed by atoms with Crippen molar-refractivity contribution in [3.05, 3.63) is 23.2 Å². The smallest absolute Gasteiger partial charge is 0.109 e. The Labute approximate surface area is 123 Å². The number of nitrogens with one attached hydrogen (secondary N) is 2. The van der Waals surface area contributed by atoms with Crippen LogP contribution in [-0.4, -0.2) is 18.6 Å². The topological polar surface area (TPSA) is 37.2 Å². The Hall–Kier alpha value is -0.800. The molecule has 0 amide bonds. The van der Waals surface area contributed by atoms with Crippen molar-refractivity contribution in [3.8, 4) is 0 Å². The van der Waals surface area contributed by atoms with E-state index >= 15 is 0 Å². The molecular weight excluding hydrogens is 248 g/mol. The molecule has 3 nitrogen and oxygen atoms in total. The van der Waals surface area contributed by atoms with Gasteiger partial charge in [0, 0.05) is 36.7 Å². The van der Waals surface area contributed by atoms with E-state index in [2.05, 4.69) is 51.3 Å². The molecule has 2 N–H and O–H groups in total. The third-order valence-corrected chi connectivity index (χ3v) is 3.91. The van der Waals surface area contributed by atoms with E-state index in [0.29, 0.717) is 11.5 Å². The summed E-state index contributed by atoms with van der Waals surface area (Å²) in [5.41, 5.74) is 1.87. The fourth-order valence-corrected chi connectivity index (χ4v) is 3.05. The summed E-state index contributed by atoms with van der Waals surface area (Å²) in [5.74, 6) is 2.22. The van der Waals surface area contributed by atoms with Gasteiger partial charge in [0.25, 0.3) is 0 Å². The molecule has 1 aromatic heterocycles. The van der Waals surface area contributed by atoms with Crippen LogP contribution in [-0.2, 0) is 6.42 Å². The first-order valence-corrected chi connectivity index (χ1v) is 7.74. The van der Waals surface area contributed by atoms with Gasteiger partial charge in [-0.05, 0) is 45.6 Å². The van der Waals surface area contributed by atoms with Crippen LogP contribution in [0.15, 0.2) is 10.5 Å². The number of hydrogen-bond acceptors (Lipinski definition) is 3. The zero-order chi connectivity index (χ0) is 15.0. The van der Waals surface area contributed by atoms with Crippen LogP contribution in [0.1, 0.15) is 64.2 Å². The van der Waals surface area contributed by atoms with E-state index < -0.39 is 0 Å². The van der Waals surface area contributed by atoms with E-state index in [4.69, 9.17) is 4.42 Å². The second-order valence-corrected chi connectivity index (χ2v) is 7.96. The van der Waals surface area contributed by atoms with Gasteiger partial charge in [0.15, 0.2) is 0 Å². The second-order valence-electron chi connectivity index (χ2n) is 7.96. The molecule has 0 saturated carbocycles. The van der Waals surface area contributed by atoms with Crippen LogP contribution in [0.3, 0.4) is 0 Å². The molecule has 0 aromatic carbocycles. The summed E-state index contributed by atoms with van der Waals surface area (Å²) in [5, 5.41) is 7.22. The van der Waals surface area contributed by atoms with Gasteiger partial charge in [0.05, 0.1) is 0 Å². The van der Waals surface area contributed by atoms with E-state index in [1.807, 2.05) is 6.92 Å². The zero-order valence-electron chi connectivity index (χ0n) is 13.9. The lowest BCUT2D eigenvalue weighted by Gasteiger charge is -2.35. The summed E-state index contributed by atoms with van der Waals surface area (Å²) in [4.78, 5) is 0. The first kappa shape index (κ1) is 15.6. The van der Waals surface area contributed by atoms with Crippen molar-refractivity contribution in [2.75, 3.05) is 13.1 Å². The van der Waals surface area contributed by atoms with Crippen LogP contribution in [0.4, 0.5) is 0 Å². The molecule has 3 heteroatoms. The largest absolute Gasteiger partial charge is 0.466 e. The van der Waals surface area contributed by atoms with Crippen molar-refractivity contribution in [3.63, 3.8) is 0 Å². The predicted molar refractivity (Wildman–Crippen MR) is 84.0 cm³/mol. The summed E-state index contributed by atoms with van der Waals surface area (Å²) in [6, 6.07) is 2.63. The summed E-state index contributed by atoms with van der Waals surface area (Å²) >= 11 is 0. The predicted octanol–water partition coefficient (Wildman–Crippen LogP) is 3.58. The van der Waals surface area contributed by atoms with E-state index in [0.717, 1.165) is 25.3 Å². The first-order valence-electron chi connectivity index (χ1n) is 7.74. The molecule has 1 atom stereocenters. The van der Waals surface area contributed by atoms with Crippen molar-refractivity contribution in [2.24, 2.45) is 5.41 Å². The Balaban J connectivity index is 1.97. The monoisotopic (exact) mass is 278 g/mol. The molecule has 1 aromatic rings. The van der Waals surface area contributed by atoms with Crippen molar-refractivity contribution in [2.45, 2.75) is 66.0 Å². The lowest BCUT2D eigenvalue weighted by molar-refractivity contribution is 0.233. The Morgan fingerprint density at radius 3 is 2.65 bits per heavy atom. The van der Waals surface area contributed by atoms with Crippen LogP contribution in [0.2, 0.25) is 0 Å². The highest BCUT2D eigenvalue weighted by molar-refractivity contribution is 5.29. The van der Waals surface area contributed by atoms with Gasteiger partial charge >= 0.3 is 0 Å². The third-order valence-electron chi connectivity index (χ3n) is 3.91. The number of fused-ring (bicyclic) bond motifs is 1. The Bertz CT molecular complexity index is 454. The van der Waals surface area contributed by atoms with E-state index in [-0.39, 0.29) is 5.54 Å². The van der Waals surface area contributed by atoms with Gasteiger partial charge < -0.3 is 15.1 Å². The number of aryl methyl sites for hydroxylation is 1. The Kier molecular flexibility index (Phi) is 4.31. The molecule has 0 saturated heterocycles. The molecule has 0 radical (unpaired) electrons. The van der Waals surface area contributed by atoms with Gasteiger partial charge in [-0.15, -0.1) is 0 Å². The minimum absolute atomic E-state index is 0.185. The summed E-state index contributed by atoms with van der Waals surface area (Å²) in [6.45, 7) is 15.3. The van der Waals surface area contributed by atoms with Gasteiger partial charge in [-0.1, -0.05) is 13.8 Å². The van der Waals surface area contributed by atoms with Crippen molar-refractivity contribution in [1.82, 2.24) is 10.6 Å². The normalized spacial score (nSPS) is 21.8. The highest BCUT2D eigenvalue weighted by Crippen LogP contribution is 2.41. The maximum absolute atomic E-state index is 5.88. The van der Waals surface area contributed by atoms with Gasteiger partial charge in [0.1, 0.15) is 11.5 Å². The molecule has 0 bridgehead atoms. The SMILES string of the molecule is Cc1cc2c(o1)CC(C)(C)CC2NCCNC(C)(C)C. The number of furan rings is 1. The molecule has 2 rings (SSSR count). The lowest BCUT2D eigenvalue weighted by Crippen LogP contribution is -2.42. The summed E-state index contributed by atoms with van der Waals surface area (Å²) in [6.07, 6.45) is 2.23. The molecule has 0 fully saturated rings. The highest BCUT2D eigenvalue weighted by atomic mass is 16.3. The van der Waals surface area contributed by atoms with Crippen LogP contribution >= 0.6 is 0 Å². The molecule has 1 aliphatic rings. The third kappa shape index (κ3) is 4.10. The van der Waals surface area contributed by atoms with Crippen LogP contribution in [0.5, 0.6) is 0 Å². The molecule has 1 heterocycles. The van der Waals surface area contributed by atoms with Crippen molar-refractivity contribution < 1.29 is 4.42 Å². The molecule has 1 unspecified atom stereocenters.